The van der Waals surface area contributed by atoms with Gasteiger partial charge in [-0.25, -0.2) is 4.98 Å². The zero-order chi connectivity index (χ0) is 13.8. The van der Waals surface area contributed by atoms with Gasteiger partial charge in [0.1, 0.15) is 5.82 Å². The maximum atomic E-state index is 6.07. The fraction of sp³-hybridized carbons (Fsp3) is 0.643. The lowest BCUT2D eigenvalue weighted by Gasteiger charge is -2.30. The van der Waals surface area contributed by atoms with Crippen molar-refractivity contribution in [2.45, 2.75) is 32.4 Å². The molecule has 0 radical (unpaired) electrons. The van der Waals surface area contributed by atoms with Gasteiger partial charge in [-0.2, -0.15) is 0 Å². The number of hydrogen-bond donors (Lipinski definition) is 1. The van der Waals surface area contributed by atoms with E-state index in [4.69, 9.17) is 22.1 Å². The normalized spacial score (nSPS) is 16.4. The van der Waals surface area contributed by atoms with E-state index in [0.29, 0.717) is 24.2 Å². The summed E-state index contributed by atoms with van der Waals surface area (Å²) in [6.07, 6.45) is 2.62. The Morgan fingerprint density at radius 2 is 2.26 bits per heavy atom. The molecule has 19 heavy (non-hydrogen) atoms. The minimum atomic E-state index is 0.364. The van der Waals surface area contributed by atoms with Crippen LogP contribution >= 0.6 is 11.6 Å². The summed E-state index contributed by atoms with van der Waals surface area (Å²) in [6.45, 7) is 4.15. The van der Waals surface area contributed by atoms with Crippen molar-refractivity contribution in [2.75, 3.05) is 25.2 Å². The summed E-state index contributed by atoms with van der Waals surface area (Å²) in [7, 11) is 1.72. The third-order valence-electron chi connectivity index (χ3n) is 3.72. The average molecular weight is 284 g/mol. The van der Waals surface area contributed by atoms with Gasteiger partial charge in [-0.3, -0.25) is 0 Å². The van der Waals surface area contributed by atoms with Crippen molar-refractivity contribution in [1.82, 2.24) is 4.98 Å². The topological polar surface area (TPSA) is 51.4 Å². The highest BCUT2D eigenvalue weighted by atomic mass is 35.5. The van der Waals surface area contributed by atoms with Crippen molar-refractivity contribution in [3.8, 4) is 0 Å². The van der Waals surface area contributed by atoms with Gasteiger partial charge in [0, 0.05) is 26.2 Å². The van der Waals surface area contributed by atoms with Crippen LogP contribution in [0.3, 0.4) is 0 Å². The van der Waals surface area contributed by atoms with E-state index in [1.807, 2.05) is 12.1 Å². The molecule has 2 rings (SSSR count). The Bertz CT molecular complexity index is 423. The molecule has 0 saturated heterocycles. The molecular formula is C14H22ClN3O. The van der Waals surface area contributed by atoms with Crippen LogP contribution in [0.25, 0.3) is 0 Å². The minimum Gasteiger partial charge on any atom is -0.383 e. The van der Waals surface area contributed by atoms with Gasteiger partial charge in [0.15, 0.2) is 0 Å². The van der Waals surface area contributed by atoms with E-state index in [0.717, 1.165) is 24.0 Å². The van der Waals surface area contributed by atoms with Crippen molar-refractivity contribution >= 4 is 17.4 Å². The first-order valence-electron chi connectivity index (χ1n) is 6.78. The quantitative estimate of drug-likeness (QED) is 0.835. The van der Waals surface area contributed by atoms with Crippen LogP contribution in [-0.2, 0) is 11.3 Å². The van der Waals surface area contributed by atoms with Gasteiger partial charge in [-0.15, -0.1) is 0 Å². The lowest BCUT2D eigenvalue weighted by molar-refractivity contribution is 0.202. The Labute approximate surface area is 119 Å². The summed E-state index contributed by atoms with van der Waals surface area (Å²) in [4.78, 5) is 6.89. The molecule has 4 nitrogen and oxygen atoms in total. The molecule has 1 fully saturated rings. The Kier molecular flexibility index (Phi) is 5.02. The zero-order valence-corrected chi connectivity index (χ0v) is 12.4. The molecule has 0 amide bonds. The summed E-state index contributed by atoms with van der Waals surface area (Å²) in [5.74, 6) is 1.72. The number of pyridine rings is 1. The second kappa shape index (κ2) is 6.55. The first-order chi connectivity index (χ1) is 9.17. The van der Waals surface area contributed by atoms with Crippen LogP contribution in [-0.4, -0.2) is 31.3 Å². The Balaban J connectivity index is 2.20. The summed E-state index contributed by atoms with van der Waals surface area (Å²) in [6, 6.07) is 4.33. The Morgan fingerprint density at radius 3 is 2.84 bits per heavy atom. The van der Waals surface area contributed by atoms with Crippen LogP contribution in [0.2, 0.25) is 5.02 Å². The van der Waals surface area contributed by atoms with Crippen LogP contribution in [0, 0.1) is 5.92 Å². The molecule has 0 bridgehead atoms. The number of halogens is 1. The predicted molar refractivity (Wildman–Crippen MR) is 78.5 cm³/mol. The number of aromatic nitrogens is 1. The molecule has 1 saturated carbocycles. The maximum Gasteiger partial charge on any atom is 0.129 e. The van der Waals surface area contributed by atoms with E-state index < -0.39 is 0 Å². The number of nitrogens with zero attached hydrogens (tertiary/aromatic N) is 2. The molecule has 0 spiro atoms. The summed E-state index contributed by atoms with van der Waals surface area (Å²) >= 11 is 6.07. The van der Waals surface area contributed by atoms with E-state index in [9.17, 15) is 0 Å². The number of anilines is 1. The largest absolute Gasteiger partial charge is 0.383 e. The number of nitrogens with two attached hydrogens (primary N) is 1. The van der Waals surface area contributed by atoms with Crippen LogP contribution in [0.1, 0.15) is 25.5 Å². The van der Waals surface area contributed by atoms with Crippen LogP contribution in [0.15, 0.2) is 12.1 Å². The maximum absolute atomic E-state index is 6.07. The molecule has 1 aromatic rings. The van der Waals surface area contributed by atoms with E-state index in [-0.39, 0.29) is 0 Å². The van der Waals surface area contributed by atoms with Crippen molar-refractivity contribution in [1.29, 1.82) is 0 Å². The lowest BCUT2D eigenvalue weighted by atomic mass is 10.1. The van der Waals surface area contributed by atoms with E-state index in [1.54, 1.807) is 7.11 Å². The fourth-order valence-corrected chi connectivity index (χ4v) is 2.51. The number of methoxy groups -OCH3 is 1. The van der Waals surface area contributed by atoms with Gasteiger partial charge >= 0.3 is 0 Å². The first kappa shape index (κ1) is 14.6. The molecule has 0 aromatic carbocycles. The molecule has 1 heterocycles. The van der Waals surface area contributed by atoms with Crippen LogP contribution in [0.5, 0.6) is 0 Å². The third-order valence-corrected chi connectivity index (χ3v) is 4.07. The molecule has 1 aliphatic carbocycles. The fourth-order valence-electron chi connectivity index (χ4n) is 2.33. The Morgan fingerprint density at radius 1 is 1.53 bits per heavy atom. The highest BCUT2D eigenvalue weighted by Crippen LogP contribution is 2.36. The monoisotopic (exact) mass is 283 g/mol. The van der Waals surface area contributed by atoms with Gasteiger partial charge in [0.25, 0.3) is 0 Å². The zero-order valence-electron chi connectivity index (χ0n) is 11.6. The number of hydrogen-bond acceptors (Lipinski definition) is 4. The molecule has 1 unspecified atom stereocenters. The van der Waals surface area contributed by atoms with Gasteiger partial charge in [-0.1, -0.05) is 11.6 Å². The standard InChI is InChI=1S/C14H22ClN3O/c1-10(11-3-4-11)18(7-8-19-2)14-6-5-12(15)13(9-16)17-14/h5-6,10-11H,3-4,7-9,16H2,1-2H3. The third kappa shape index (κ3) is 3.59. The number of ether oxygens (including phenoxy) is 1. The molecule has 0 aliphatic heterocycles. The van der Waals surface area contributed by atoms with Gasteiger partial charge in [0.05, 0.1) is 17.3 Å². The van der Waals surface area contributed by atoms with Crippen molar-refractivity contribution < 1.29 is 4.74 Å². The lowest BCUT2D eigenvalue weighted by Crippen LogP contribution is -2.38. The summed E-state index contributed by atoms with van der Waals surface area (Å²) in [5, 5.41) is 0.636. The average Bonchev–Trinajstić information content (AvgIpc) is 3.24. The van der Waals surface area contributed by atoms with E-state index in [1.165, 1.54) is 12.8 Å². The highest BCUT2D eigenvalue weighted by Gasteiger charge is 2.32. The summed E-state index contributed by atoms with van der Waals surface area (Å²) < 4.78 is 5.20. The van der Waals surface area contributed by atoms with Crippen LogP contribution < -0.4 is 10.6 Å². The first-order valence-corrected chi connectivity index (χ1v) is 7.16. The Hall–Kier alpha value is -0.840. The van der Waals surface area contributed by atoms with Gasteiger partial charge < -0.3 is 15.4 Å². The van der Waals surface area contributed by atoms with E-state index >= 15 is 0 Å². The molecule has 1 aliphatic rings. The van der Waals surface area contributed by atoms with Crippen molar-refractivity contribution in [3.05, 3.63) is 22.8 Å². The van der Waals surface area contributed by atoms with E-state index in [2.05, 4.69) is 16.8 Å². The van der Waals surface area contributed by atoms with Crippen LogP contribution in [0.4, 0.5) is 5.82 Å². The minimum absolute atomic E-state index is 0.364. The van der Waals surface area contributed by atoms with Crippen molar-refractivity contribution in [3.63, 3.8) is 0 Å². The number of rotatable bonds is 7. The SMILES string of the molecule is COCCN(c1ccc(Cl)c(CN)n1)C(C)C1CC1. The van der Waals surface area contributed by atoms with Crippen molar-refractivity contribution in [2.24, 2.45) is 11.7 Å². The predicted octanol–water partition coefficient (Wildman–Crippen LogP) is 2.45. The molecular weight excluding hydrogens is 262 g/mol. The second-order valence-corrected chi connectivity index (χ2v) is 5.47. The summed E-state index contributed by atoms with van der Waals surface area (Å²) in [5.41, 5.74) is 6.43. The molecule has 2 N–H and O–H groups in total. The molecule has 1 atom stereocenters. The van der Waals surface area contributed by atoms with Gasteiger partial charge in [-0.05, 0) is 37.8 Å². The molecule has 1 aromatic heterocycles. The van der Waals surface area contributed by atoms with Gasteiger partial charge in [0.2, 0.25) is 0 Å². The molecule has 106 valence electrons. The molecule has 5 heteroatoms. The highest BCUT2D eigenvalue weighted by molar-refractivity contribution is 6.31. The smallest absolute Gasteiger partial charge is 0.129 e. The second-order valence-electron chi connectivity index (χ2n) is 5.07.